The van der Waals surface area contributed by atoms with E-state index in [0.29, 0.717) is 0 Å². The van der Waals surface area contributed by atoms with E-state index < -0.39 is 21.8 Å². The van der Waals surface area contributed by atoms with Crippen LogP contribution in [0.25, 0.3) is 0 Å². The molecule has 18 heavy (non-hydrogen) atoms. The van der Waals surface area contributed by atoms with Crippen LogP contribution in [0.5, 0.6) is 0 Å². The molecule has 6 heteroatoms. The lowest BCUT2D eigenvalue weighted by molar-refractivity contribution is -0.146. The Balaban J connectivity index is 2.70. The molecule has 1 aromatic carbocycles. The molecule has 0 saturated carbocycles. The topological polar surface area (TPSA) is 86.5 Å². The third-order valence-electron chi connectivity index (χ3n) is 2.42. The van der Waals surface area contributed by atoms with Crippen LogP contribution in [0.3, 0.4) is 0 Å². The van der Waals surface area contributed by atoms with Crippen molar-refractivity contribution in [3.63, 3.8) is 0 Å². The van der Waals surface area contributed by atoms with Crippen LogP contribution in [0.2, 0.25) is 0 Å². The molecule has 5 nitrogen and oxygen atoms in total. The van der Waals surface area contributed by atoms with Gasteiger partial charge in [0.05, 0.1) is 10.6 Å². The van der Waals surface area contributed by atoms with Crippen molar-refractivity contribution in [3.05, 3.63) is 29.8 Å². The number of hydrogen-bond acceptors (Lipinski definition) is 5. The molecule has 0 aliphatic heterocycles. The van der Waals surface area contributed by atoms with Crippen LogP contribution < -0.4 is 5.73 Å². The molecule has 1 atom stereocenters. The van der Waals surface area contributed by atoms with Gasteiger partial charge >= 0.3 is 5.97 Å². The molecule has 0 radical (unpaired) electrons. The summed E-state index contributed by atoms with van der Waals surface area (Å²) in [4.78, 5) is 11.4. The number of hydrogen-bond donors (Lipinski definition) is 1. The van der Waals surface area contributed by atoms with Crippen molar-refractivity contribution in [3.8, 4) is 0 Å². The van der Waals surface area contributed by atoms with Gasteiger partial charge < -0.3 is 10.5 Å². The number of esters is 1. The minimum absolute atomic E-state index is 0.0615. The Hall–Kier alpha value is -1.40. The monoisotopic (exact) mass is 271 g/mol. The van der Waals surface area contributed by atoms with Gasteiger partial charge in [0.1, 0.15) is 12.6 Å². The summed E-state index contributed by atoms with van der Waals surface area (Å²) >= 11 is 0. The number of rotatable bonds is 5. The zero-order valence-electron chi connectivity index (χ0n) is 10.4. The molecule has 0 saturated heterocycles. The molecule has 0 aliphatic rings. The summed E-state index contributed by atoms with van der Waals surface area (Å²) in [5.41, 5.74) is 6.07. The summed E-state index contributed by atoms with van der Waals surface area (Å²) in [5, 5.41) is 0. The third-order valence-corrected chi connectivity index (χ3v) is 4.17. The van der Waals surface area contributed by atoms with Crippen LogP contribution in [-0.2, 0) is 26.0 Å². The quantitative estimate of drug-likeness (QED) is 0.803. The summed E-state index contributed by atoms with van der Waals surface area (Å²) in [7, 11) is -3.19. The lowest BCUT2D eigenvalue weighted by atomic mass is 10.2. The second kappa shape index (κ2) is 5.97. The Labute approximate surface area is 107 Å². The van der Waals surface area contributed by atoms with Crippen LogP contribution in [0.1, 0.15) is 19.4 Å². The zero-order chi connectivity index (χ0) is 13.8. The maximum absolute atomic E-state index is 11.6. The molecule has 0 spiro atoms. The number of nitrogens with two attached hydrogens (primary N) is 1. The number of sulfone groups is 1. The largest absolute Gasteiger partial charge is 0.460 e. The summed E-state index contributed by atoms with van der Waals surface area (Å²) in [6.45, 7) is 3.22. The van der Waals surface area contributed by atoms with Crippen molar-refractivity contribution in [1.82, 2.24) is 0 Å². The molecule has 0 aromatic heterocycles. The van der Waals surface area contributed by atoms with E-state index >= 15 is 0 Å². The van der Waals surface area contributed by atoms with E-state index in [1.807, 2.05) is 0 Å². The maximum Gasteiger partial charge on any atom is 0.322 e. The van der Waals surface area contributed by atoms with Gasteiger partial charge in [-0.15, -0.1) is 0 Å². The van der Waals surface area contributed by atoms with Crippen molar-refractivity contribution in [2.24, 2.45) is 5.73 Å². The van der Waals surface area contributed by atoms with Crippen LogP contribution in [0.15, 0.2) is 29.2 Å². The first-order valence-electron chi connectivity index (χ1n) is 5.60. The standard InChI is InChI=1S/C12H17NO4S/c1-3-18(15,16)11-6-4-10(5-7-11)8-17-12(14)9(2)13/h4-7,9H,3,8,13H2,1-2H3. The fourth-order valence-electron chi connectivity index (χ4n) is 1.25. The predicted molar refractivity (Wildman–Crippen MR) is 67.6 cm³/mol. The number of ether oxygens (including phenoxy) is 1. The molecule has 0 amide bonds. The van der Waals surface area contributed by atoms with Gasteiger partial charge in [0, 0.05) is 0 Å². The van der Waals surface area contributed by atoms with Gasteiger partial charge in [-0.1, -0.05) is 19.1 Å². The number of carbonyl (C=O) groups is 1. The van der Waals surface area contributed by atoms with Gasteiger partial charge in [0.25, 0.3) is 0 Å². The highest BCUT2D eigenvalue weighted by atomic mass is 32.2. The first-order chi connectivity index (χ1) is 8.36. The molecular weight excluding hydrogens is 254 g/mol. The van der Waals surface area contributed by atoms with Crippen LogP contribution in [0.4, 0.5) is 0 Å². The molecule has 100 valence electrons. The Morgan fingerprint density at radius 1 is 1.33 bits per heavy atom. The number of benzene rings is 1. The molecular formula is C12H17NO4S. The van der Waals surface area contributed by atoms with Crippen molar-refractivity contribution < 1.29 is 17.9 Å². The second-order valence-corrected chi connectivity index (χ2v) is 6.22. The molecule has 1 aromatic rings. The SMILES string of the molecule is CCS(=O)(=O)c1ccc(COC(=O)C(C)N)cc1. The summed E-state index contributed by atoms with van der Waals surface area (Å²) < 4.78 is 28.1. The first kappa shape index (κ1) is 14.7. The maximum atomic E-state index is 11.6. The normalized spacial score (nSPS) is 13.1. The molecule has 1 rings (SSSR count). The Morgan fingerprint density at radius 2 is 1.89 bits per heavy atom. The van der Waals surface area contributed by atoms with E-state index in [4.69, 9.17) is 10.5 Å². The van der Waals surface area contributed by atoms with E-state index in [-0.39, 0.29) is 17.3 Å². The Kier molecular flexibility index (Phi) is 4.86. The van der Waals surface area contributed by atoms with Gasteiger partial charge in [0.15, 0.2) is 9.84 Å². The summed E-state index contributed by atoms with van der Waals surface area (Å²) in [5.74, 6) is -0.424. The smallest absolute Gasteiger partial charge is 0.322 e. The van der Waals surface area contributed by atoms with Crippen LogP contribution in [-0.4, -0.2) is 26.2 Å². The fourth-order valence-corrected chi connectivity index (χ4v) is 2.13. The van der Waals surface area contributed by atoms with E-state index in [0.717, 1.165) is 5.56 Å². The van der Waals surface area contributed by atoms with E-state index in [1.165, 1.54) is 12.1 Å². The molecule has 0 fully saturated rings. The summed E-state index contributed by atoms with van der Waals surface area (Å²) in [6.07, 6.45) is 0. The van der Waals surface area contributed by atoms with E-state index in [2.05, 4.69) is 0 Å². The Morgan fingerprint density at radius 3 is 2.33 bits per heavy atom. The van der Waals surface area contributed by atoms with E-state index in [1.54, 1.807) is 26.0 Å². The molecule has 2 N–H and O–H groups in total. The van der Waals surface area contributed by atoms with Crippen LogP contribution >= 0.6 is 0 Å². The number of carbonyl (C=O) groups excluding carboxylic acids is 1. The highest BCUT2D eigenvalue weighted by Crippen LogP contribution is 2.13. The van der Waals surface area contributed by atoms with Gasteiger partial charge in [-0.25, -0.2) is 8.42 Å². The van der Waals surface area contributed by atoms with Crippen molar-refractivity contribution >= 4 is 15.8 Å². The average Bonchev–Trinajstić information content (AvgIpc) is 2.36. The van der Waals surface area contributed by atoms with Gasteiger partial charge in [-0.05, 0) is 24.6 Å². The zero-order valence-corrected chi connectivity index (χ0v) is 11.2. The van der Waals surface area contributed by atoms with Gasteiger partial charge in [0.2, 0.25) is 0 Å². The average molecular weight is 271 g/mol. The second-order valence-electron chi connectivity index (χ2n) is 3.94. The van der Waals surface area contributed by atoms with Crippen LogP contribution in [0, 0.1) is 0 Å². The molecule has 0 heterocycles. The van der Waals surface area contributed by atoms with E-state index in [9.17, 15) is 13.2 Å². The first-order valence-corrected chi connectivity index (χ1v) is 7.26. The highest BCUT2D eigenvalue weighted by molar-refractivity contribution is 7.91. The third kappa shape index (κ3) is 3.82. The summed E-state index contributed by atoms with van der Waals surface area (Å²) in [6, 6.07) is 5.60. The molecule has 0 bridgehead atoms. The molecule has 1 unspecified atom stereocenters. The van der Waals surface area contributed by atoms with Crippen molar-refractivity contribution in [1.29, 1.82) is 0 Å². The van der Waals surface area contributed by atoms with Gasteiger partial charge in [-0.3, -0.25) is 4.79 Å². The lowest BCUT2D eigenvalue weighted by Crippen LogP contribution is -2.28. The molecule has 0 aliphatic carbocycles. The predicted octanol–water partition coefficient (Wildman–Crippen LogP) is 0.871. The minimum Gasteiger partial charge on any atom is -0.460 e. The highest BCUT2D eigenvalue weighted by Gasteiger charge is 2.12. The Bertz CT molecular complexity index is 505. The van der Waals surface area contributed by atoms with Crippen molar-refractivity contribution in [2.45, 2.75) is 31.4 Å². The van der Waals surface area contributed by atoms with Gasteiger partial charge in [-0.2, -0.15) is 0 Å². The van der Waals surface area contributed by atoms with Crippen molar-refractivity contribution in [2.75, 3.05) is 5.75 Å². The minimum atomic E-state index is -3.19. The fraction of sp³-hybridized carbons (Fsp3) is 0.417. The lowest BCUT2D eigenvalue weighted by Gasteiger charge is -2.07.